The van der Waals surface area contributed by atoms with Crippen LogP contribution in [-0.2, 0) is 0 Å². The van der Waals surface area contributed by atoms with Crippen molar-refractivity contribution in [2.75, 3.05) is 11.6 Å². The Labute approximate surface area is 90.0 Å². The Kier molecular flexibility index (Phi) is 3.00. The van der Waals surface area contributed by atoms with Crippen LogP contribution in [0.1, 0.15) is 0 Å². The molecule has 2 rings (SSSR count). The van der Waals surface area contributed by atoms with E-state index in [1.165, 1.54) is 0 Å². The molecule has 0 bridgehead atoms. The lowest BCUT2D eigenvalue weighted by atomic mass is 10.2. The highest BCUT2D eigenvalue weighted by Gasteiger charge is 2.04. The SMILES string of the molecule is NCN(c1ccccc1)c1ccccc1. The Hall–Kier alpha value is -1.80. The fourth-order valence-corrected chi connectivity index (χ4v) is 1.58. The molecule has 2 heteroatoms. The first kappa shape index (κ1) is 9.74. The zero-order valence-electron chi connectivity index (χ0n) is 8.51. The summed E-state index contributed by atoms with van der Waals surface area (Å²) in [5.41, 5.74) is 8.00. The summed E-state index contributed by atoms with van der Waals surface area (Å²) in [7, 11) is 0. The summed E-state index contributed by atoms with van der Waals surface area (Å²) >= 11 is 0. The summed E-state index contributed by atoms with van der Waals surface area (Å²) in [4.78, 5) is 2.07. The zero-order valence-corrected chi connectivity index (χ0v) is 8.51. The molecule has 2 aromatic rings. The topological polar surface area (TPSA) is 29.3 Å². The van der Waals surface area contributed by atoms with Crippen molar-refractivity contribution in [3.63, 3.8) is 0 Å². The Morgan fingerprint density at radius 3 is 1.47 bits per heavy atom. The van der Waals surface area contributed by atoms with Crippen LogP contribution in [0.3, 0.4) is 0 Å². The number of nitrogens with zero attached hydrogens (tertiary/aromatic N) is 1. The molecule has 0 atom stereocenters. The van der Waals surface area contributed by atoms with Crippen LogP contribution in [0.4, 0.5) is 11.4 Å². The number of hydrogen-bond acceptors (Lipinski definition) is 2. The van der Waals surface area contributed by atoms with Crippen molar-refractivity contribution >= 4 is 11.4 Å². The van der Waals surface area contributed by atoms with E-state index in [9.17, 15) is 0 Å². The third-order valence-electron chi connectivity index (χ3n) is 2.32. The van der Waals surface area contributed by atoms with Crippen molar-refractivity contribution in [2.45, 2.75) is 0 Å². The van der Waals surface area contributed by atoms with Crippen molar-refractivity contribution in [3.05, 3.63) is 60.7 Å². The maximum atomic E-state index is 5.76. The second-order valence-corrected chi connectivity index (χ2v) is 3.28. The average molecular weight is 198 g/mol. The van der Waals surface area contributed by atoms with Crippen LogP contribution in [0, 0.1) is 0 Å². The summed E-state index contributed by atoms with van der Waals surface area (Å²) in [6.45, 7) is 0.480. The van der Waals surface area contributed by atoms with Crippen LogP contribution in [0.2, 0.25) is 0 Å². The fourth-order valence-electron chi connectivity index (χ4n) is 1.58. The maximum Gasteiger partial charge on any atom is 0.0706 e. The van der Waals surface area contributed by atoms with E-state index in [1.807, 2.05) is 36.4 Å². The van der Waals surface area contributed by atoms with Gasteiger partial charge in [-0.1, -0.05) is 36.4 Å². The molecule has 2 aromatic carbocycles. The lowest BCUT2D eigenvalue weighted by molar-refractivity contribution is 0.983. The molecular weight excluding hydrogens is 184 g/mol. The van der Waals surface area contributed by atoms with E-state index in [4.69, 9.17) is 5.73 Å². The Morgan fingerprint density at radius 1 is 0.733 bits per heavy atom. The van der Waals surface area contributed by atoms with E-state index in [2.05, 4.69) is 29.2 Å². The molecule has 0 aromatic heterocycles. The lowest BCUT2D eigenvalue weighted by Gasteiger charge is -2.22. The van der Waals surface area contributed by atoms with Gasteiger partial charge in [0.15, 0.2) is 0 Å². The van der Waals surface area contributed by atoms with E-state index in [0.717, 1.165) is 11.4 Å². The molecule has 0 aliphatic rings. The lowest BCUT2D eigenvalue weighted by Crippen LogP contribution is -2.24. The molecule has 0 saturated heterocycles. The molecule has 0 heterocycles. The average Bonchev–Trinajstić information content (AvgIpc) is 2.33. The third kappa shape index (κ3) is 2.17. The van der Waals surface area contributed by atoms with E-state index < -0.39 is 0 Å². The highest BCUT2D eigenvalue weighted by atomic mass is 15.2. The summed E-state index contributed by atoms with van der Waals surface area (Å²) in [5, 5.41) is 0. The van der Waals surface area contributed by atoms with Gasteiger partial charge < -0.3 is 10.6 Å². The monoisotopic (exact) mass is 198 g/mol. The Morgan fingerprint density at radius 2 is 1.13 bits per heavy atom. The minimum Gasteiger partial charge on any atom is -0.328 e. The largest absolute Gasteiger partial charge is 0.328 e. The molecule has 76 valence electrons. The van der Waals surface area contributed by atoms with Crippen LogP contribution < -0.4 is 10.6 Å². The summed E-state index contributed by atoms with van der Waals surface area (Å²) < 4.78 is 0. The van der Waals surface area contributed by atoms with Crippen LogP contribution in [-0.4, -0.2) is 6.67 Å². The molecular formula is C13H14N2. The first-order valence-electron chi connectivity index (χ1n) is 4.99. The minimum absolute atomic E-state index is 0.480. The normalized spacial score (nSPS) is 9.93. The zero-order chi connectivity index (χ0) is 10.5. The maximum absolute atomic E-state index is 5.76. The first-order chi connectivity index (χ1) is 7.42. The van der Waals surface area contributed by atoms with Gasteiger partial charge in [0.2, 0.25) is 0 Å². The molecule has 0 amide bonds. The van der Waals surface area contributed by atoms with Gasteiger partial charge in [0.1, 0.15) is 0 Å². The van der Waals surface area contributed by atoms with Gasteiger partial charge in [-0.3, -0.25) is 0 Å². The van der Waals surface area contributed by atoms with Crippen LogP contribution in [0.15, 0.2) is 60.7 Å². The van der Waals surface area contributed by atoms with Gasteiger partial charge in [0, 0.05) is 11.4 Å². The molecule has 0 unspecified atom stereocenters. The van der Waals surface area contributed by atoms with E-state index in [-0.39, 0.29) is 0 Å². The Balaban J connectivity index is 2.34. The van der Waals surface area contributed by atoms with Crippen molar-refractivity contribution in [3.8, 4) is 0 Å². The standard InChI is InChI=1S/C13H14N2/c14-11-15(12-7-3-1-4-8-12)13-9-5-2-6-10-13/h1-10H,11,14H2. The Bertz CT molecular complexity index is 358. The third-order valence-corrected chi connectivity index (χ3v) is 2.32. The number of para-hydroxylation sites is 2. The molecule has 0 fully saturated rings. The van der Waals surface area contributed by atoms with Crippen LogP contribution in [0.25, 0.3) is 0 Å². The van der Waals surface area contributed by atoms with Crippen molar-refractivity contribution in [2.24, 2.45) is 5.73 Å². The van der Waals surface area contributed by atoms with E-state index >= 15 is 0 Å². The first-order valence-corrected chi connectivity index (χ1v) is 4.99. The van der Waals surface area contributed by atoms with Gasteiger partial charge in [-0.05, 0) is 24.3 Å². The van der Waals surface area contributed by atoms with Crippen molar-refractivity contribution in [1.29, 1.82) is 0 Å². The minimum atomic E-state index is 0.480. The van der Waals surface area contributed by atoms with Crippen molar-refractivity contribution < 1.29 is 0 Å². The van der Waals surface area contributed by atoms with E-state index in [1.54, 1.807) is 0 Å². The predicted octanol–water partition coefficient (Wildman–Crippen LogP) is 2.74. The van der Waals surface area contributed by atoms with Gasteiger partial charge in [-0.25, -0.2) is 0 Å². The second-order valence-electron chi connectivity index (χ2n) is 3.28. The molecule has 0 spiro atoms. The number of anilines is 2. The highest BCUT2D eigenvalue weighted by molar-refractivity contribution is 5.62. The molecule has 15 heavy (non-hydrogen) atoms. The van der Waals surface area contributed by atoms with Gasteiger partial charge >= 0.3 is 0 Å². The van der Waals surface area contributed by atoms with Gasteiger partial charge in [0.05, 0.1) is 6.67 Å². The van der Waals surface area contributed by atoms with Crippen molar-refractivity contribution in [1.82, 2.24) is 0 Å². The second kappa shape index (κ2) is 4.62. The summed E-state index contributed by atoms with van der Waals surface area (Å²) in [5.74, 6) is 0. The van der Waals surface area contributed by atoms with Gasteiger partial charge in [-0.2, -0.15) is 0 Å². The smallest absolute Gasteiger partial charge is 0.0706 e. The predicted molar refractivity (Wildman–Crippen MR) is 64.1 cm³/mol. The molecule has 0 aliphatic carbocycles. The number of hydrogen-bond donors (Lipinski definition) is 1. The summed E-state index contributed by atoms with van der Waals surface area (Å²) in [6, 6.07) is 20.3. The quantitative estimate of drug-likeness (QED) is 0.768. The fraction of sp³-hybridized carbons (Fsp3) is 0.0769. The molecule has 2 nitrogen and oxygen atoms in total. The van der Waals surface area contributed by atoms with Crippen LogP contribution >= 0.6 is 0 Å². The highest BCUT2D eigenvalue weighted by Crippen LogP contribution is 2.22. The van der Waals surface area contributed by atoms with Gasteiger partial charge in [0.25, 0.3) is 0 Å². The number of rotatable bonds is 3. The van der Waals surface area contributed by atoms with Crippen LogP contribution in [0.5, 0.6) is 0 Å². The molecule has 2 N–H and O–H groups in total. The number of nitrogens with two attached hydrogens (primary N) is 1. The number of benzene rings is 2. The van der Waals surface area contributed by atoms with E-state index in [0.29, 0.717) is 6.67 Å². The van der Waals surface area contributed by atoms with Gasteiger partial charge in [-0.15, -0.1) is 0 Å². The summed E-state index contributed by atoms with van der Waals surface area (Å²) in [6.07, 6.45) is 0. The molecule has 0 radical (unpaired) electrons. The molecule has 0 saturated carbocycles. The molecule has 0 aliphatic heterocycles.